The van der Waals surface area contributed by atoms with Crippen LogP contribution in [-0.4, -0.2) is 37.6 Å². The van der Waals surface area contributed by atoms with Gasteiger partial charge in [-0.15, -0.1) is 0 Å². The molecule has 2 aliphatic rings. The van der Waals surface area contributed by atoms with Gasteiger partial charge in [-0.3, -0.25) is 0 Å². The van der Waals surface area contributed by atoms with E-state index in [-0.39, 0.29) is 0 Å². The fourth-order valence-electron chi connectivity index (χ4n) is 3.63. The standard InChI is InChI=1S/C15H30N2/c1-13(15-8-4-3-5-9-15)17(2)12-14-7-6-10-16-11-14/h13-16H,3-12H2,1-2H3. The fraction of sp³-hybridized carbons (Fsp3) is 1.00. The second-order valence-electron chi connectivity index (χ2n) is 6.29. The van der Waals surface area contributed by atoms with Crippen molar-refractivity contribution in [3.8, 4) is 0 Å². The van der Waals surface area contributed by atoms with Crippen molar-refractivity contribution >= 4 is 0 Å². The van der Waals surface area contributed by atoms with E-state index in [2.05, 4.69) is 24.2 Å². The highest BCUT2D eigenvalue weighted by Gasteiger charge is 2.25. The minimum Gasteiger partial charge on any atom is -0.316 e. The first kappa shape index (κ1) is 13.4. The maximum absolute atomic E-state index is 3.53. The molecule has 1 saturated heterocycles. The van der Waals surface area contributed by atoms with Crippen LogP contribution in [-0.2, 0) is 0 Å². The Morgan fingerprint density at radius 3 is 2.53 bits per heavy atom. The summed E-state index contributed by atoms with van der Waals surface area (Å²) in [6, 6.07) is 0.789. The van der Waals surface area contributed by atoms with Crippen molar-refractivity contribution in [1.82, 2.24) is 10.2 Å². The Balaban J connectivity index is 1.75. The van der Waals surface area contributed by atoms with E-state index in [4.69, 9.17) is 0 Å². The molecular formula is C15H30N2. The Bertz CT molecular complexity index is 205. The van der Waals surface area contributed by atoms with Crippen LogP contribution >= 0.6 is 0 Å². The highest BCUT2D eigenvalue weighted by atomic mass is 15.1. The summed E-state index contributed by atoms with van der Waals surface area (Å²) in [4.78, 5) is 2.63. The summed E-state index contributed by atoms with van der Waals surface area (Å²) in [6.45, 7) is 6.22. The molecule has 100 valence electrons. The van der Waals surface area contributed by atoms with Crippen LogP contribution in [0.5, 0.6) is 0 Å². The van der Waals surface area contributed by atoms with E-state index < -0.39 is 0 Å². The molecule has 0 amide bonds. The van der Waals surface area contributed by atoms with E-state index in [0.717, 1.165) is 17.9 Å². The summed E-state index contributed by atoms with van der Waals surface area (Å²) in [5, 5.41) is 3.53. The molecule has 2 fully saturated rings. The number of rotatable bonds is 4. The Morgan fingerprint density at radius 1 is 1.12 bits per heavy atom. The molecule has 1 aliphatic carbocycles. The molecule has 1 N–H and O–H groups in total. The fourth-order valence-corrected chi connectivity index (χ4v) is 3.63. The third kappa shape index (κ3) is 3.96. The molecule has 0 aromatic carbocycles. The van der Waals surface area contributed by atoms with Gasteiger partial charge in [0, 0.05) is 12.6 Å². The quantitative estimate of drug-likeness (QED) is 0.810. The molecular weight excluding hydrogens is 208 g/mol. The number of hydrogen-bond donors (Lipinski definition) is 1. The highest BCUT2D eigenvalue weighted by molar-refractivity contribution is 4.79. The first-order valence-electron chi connectivity index (χ1n) is 7.68. The van der Waals surface area contributed by atoms with Crippen LogP contribution in [0, 0.1) is 11.8 Å². The molecule has 0 radical (unpaired) electrons. The second-order valence-corrected chi connectivity index (χ2v) is 6.29. The third-order valence-electron chi connectivity index (χ3n) is 4.97. The Kier molecular flexibility index (Phi) is 5.30. The molecule has 2 heteroatoms. The first-order valence-corrected chi connectivity index (χ1v) is 7.68. The van der Waals surface area contributed by atoms with Crippen LogP contribution in [0.3, 0.4) is 0 Å². The van der Waals surface area contributed by atoms with Gasteiger partial charge < -0.3 is 10.2 Å². The summed E-state index contributed by atoms with van der Waals surface area (Å²) in [6.07, 6.45) is 10.1. The molecule has 0 aromatic heterocycles. The van der Waals surface area contributed by atoms with Crippen molar-refractivity contribution in [2.24, 2.45) is 11.8 Å². The summed E-state index contributed by atoms with van der Waals surface area (Å²) < 4.78 is 0. The van der Waals surface area contributed by atoms with Gasteiger partial charge >= 0.3 is 0 Å². The van der Waals surface area contributed by atoms with Gasteiger partial charge in [0.15, 0.2) is 0 Å². The molecule has 2 rings (SSSR count). The average Bonchev–Trinajstić information content (AvgIpc) is 2.40. The molecule has 2 nitrogen and oxygen atoms in total. The average molecular weight is 238 g/mol. The van der Waals surface area contributed by atoms with Gasteiger partial charge in [-0.1, -0.05) is 19.3 Å². The van der Waals surface area contributed by atoms with Gasteiger partial charge in [0.1, 0.15) is 0 Å². The lowest BCUT2D eigenvalue weighted by molar-refractivity contribution is 0.131. The minimum absolute atomic E-state index is 0.789. The SMILES string of the molecule is CC(C1CCCCC1)N(C)CC1CCCNC1. The lowest BCUT2D eigenvalue weighted by Crippen LogP contribution is -2.43. The predicted molar refractivity (Wildman–Crippen MR) is 74.3 cm³/mol. The molecule has 2 unspecified atom stereocenters. The summed E-state index contributed by atoms with van der Waals surface area (Å²) in [5.74, 6) is 1.85. The maximum Gasteiger partial charge on any atom is 0.00922 e. The van der Waals surface area contributed by atoms with E-state index in [1.165, 1.54) is 64.6 Å². The van der Waals surface area contributed by atoms with Crippen molar-refractivity contribution in [3.63, 3.8) is 0 Å². The first-order chi connectivity index (χ1) is 8.27. The zero-order valence-electron chi connectivity index (χ0n) is 11.8. The zero-order valence-corrected chi connectivity index (χ0v) is 11.8. The summed E-state index contributed by atoms with van der Waals surface area (Å²) in [7, 11) is 2.34. The lowest BCUT2D eigenvalue weighted by Gasteiger charge is -2.37. The van der Waals surface area contributed by atoms with E-state index >= 15 is 0 Å². The highest BCUT2D eigenvalue weighted by Crippen LogP contribution is 2.29. The monoisotopic (exact) mass is 238 g/mol. The molecule has 2 atom stereocenters. The van der Waals surface area contributed by atoms with E-state index in [0.29, 0.717) is 0 Å². The van der Waals surface area contributed by atoms with Crippen molar-refractivity contribution < 1.29 is 0 Å². The molecule has 1 aliphatic heterocycles. The van der Waals surface area contributed by atoms with Gasteiger partial charge in [-0.2, -0.15) is 0 Å². The second kappa shape index (κ2) is 6.75. The van der Waals surface area contributed by atoms with E-state index in [1.54, 1.807) is 0 Å². The topological polar surface area (TPSA) is 15.3 Å². The maximum atomic E-state index is 3.53. The van der Waals surface area contributed by atoms with Crippen LogP contribution in [0.4, 0.5) is 0 Å². The molecule has 0 aromatic rings. The Labute approximate surface area is 107 Å². The van der Waals surface area contributed by atoms with Gasteiger partial charge in [-0.25, -0.2) is 0 Å². The van der Waals surface area contributed by atoms with Crippen LogP contribution in [0.1, 0.15) is 51.9 Å². The predicted octanol–water partition coefficient (Wildman–Crippen LogP) is 2.89. The summed E-state index contributed by atoms with van der Waals surface area (Å²) in [5.41, 5.74) is 0. The van der Waals surface area contributed by atoms with Crippen molar-refractivity contribution in [2.75, 3.05) is 26.7 Å². The largest absolute Gasteiger partial charge is 0.316 e. The number of piperidine rings is 1. The van der Waals surface area contributed by atoms with Crippen molar-refractivity contribution in [2.45, 2.75) is 57.9 Å². The molecule has 1 saturated carbocycles. The summed E-state index contributed by atoms with van der Waals surface area (Å²) >= 11 is 0. The van der Waals surface area contributed by atoms with Gasteiger partial charge in [-0.05, 0) is 64.6 Å². The van der Waals surface area contributed by atoms with Gasteiger partial charge in [0.05, 0.1) is 0 Å². The van der Waals surface area contributed by atoms with Crippen LogP contribution in [0.25, 0.3) is 0 Å². The van der Waals surface area contributed by atoms with E-state index in [1.807, 2.05) is 0 Å². The zero-order chi connectivity index (χ0) is 12.1. The number of nitrogens with one attached hydrogen (secondary N) is 1. The lowest BCUT2D eigenvalue weighted by atomic mass is 9.83. The Morgan fingerprint density at radius 2 is 1.88 bits per heavy atom. The Hall–Kier alpha value is -0.0800. The van der Waals surface area contributed by atoms with Crippen molar-refractivity contribution in [1.29, 1.82) is 0 Å². The third-order valence-corrected chi connectivity index (χ3v) is 4.97. The van der Waals surface area contributed by atoms with Gasteiger partial charge in [0.25, 0.3) is 0 Å². The van der Waals surface area contributed by atoms with Crippen molar-refractivity contribution in [3.05, 3.63) is 0 Å². The molecule has 0 spiro atoms. The van der Waals surface area contributed by atoms with E-state index in [9.17, 15) is 0 Å². The van der Waals surface area contributed by atoms with Crippen LogP contribution < -0.4 is 5.32 Å². The van der Waals surface area contributed by atoms with Gasteiger partial charge in [0.2, 0.25) is 0 Å². The molecule has 1 heterocycles. The van der Waals surface area contributed by atoms with Crippen LogP contribution in [0.15, 0.2) is 0 Å². The molecule has 17 heavy (non-hydrogen) atoms. The number of nitrogens with zero attached hydrogens (tertiary/aromatic N) is 1. The minimum atomic E-state index is 0.789. The smallest absolute Gasteiger partial charge is 0.00922 e. The molecule has 0 bridgehead atoms. The normalized spacial score (nSPS) is 29.5. The van der Waals surface area contributed by atoms with Crippen LogP contribution in [0.2, 0.25) is 0 Å². The number of hydrogen-bond acceptors (Lipinski definition) is 2.